The molecule has 1 atom stereocenters. The van der Waals surface area contributed by atoms with Gasteiger partial charge in [-0.05, 0) is 51.4 Å². The molecule has 0 aromatic carbocycles. The summed E-state index contributed by atoms with van der Waals surface area (Å²) < 4.78 is 0. The SMILES string of the molecule is CCCCC(CC)(CNC(C)(C)C)CC(C)C. The molecule has 17 heavy (non-hydrogen) atoms. The molecule has 1 N–H and O–H groups in total. The minimum atomic E-state index is 0.240. The molecule has 104 valence electrons. The Morgan fingerprint density at radius 1 is 1.06 bits per heavy atom. The van der Waals surface area contributed by atoms with Crippen LogP contribution in [0.1, 0.15) is 80.6 Å². The number of hydrogen-bond donors (Lipinski definition) is 1. The molecule has 0 saturated carbocycles. The molecule has 1 unspecified atom stereocenters. The smallest absolute Gasteiger partial charge is 0.00967 e. The average Bonchev–Trinajstić information content (AvgIpc) is 2.21. The van der Waals surface area contributed by atoms with E-state index in [0.717, 1.165) is 5.92 Å². The molecule has 0 aromatic rings. The van der Waals surface area contributed by atoms with Gasteiger partial charge in [0, 0.05) is 12.1 Å². The molecule has 0 radical (unpaired) electrons. The summed E-state index contributed by atoms with van der Waals surface area (Å²) in [4.78, 5) is 0. The van der Waals surface area contributed by atoms with Gasteiger partial charge in [-0.25, -0.2) is 0 Å². The van der Waals surface area contributed by atoms with Gasteiger partial charge in [-0.1, -0.05) is 40.5 Å². The van der Waals surface area contributed by atoms with Crippen molar-refractivity contribution >= 4 is 0 Å². The molecule has 0 aliphatic rings. The number of unbranched alkanes of at least 4 members (excludes halogenated alkanes) is 1. The highest BCUT2D eigenvalue weighted by atomic mass is 15.0. The molecule has 0 aliphatic carbocycles. The Hall–Kier alpha value is -0.0400. The zero-order valence-corrected chi connectivity index (χ0v) is 13.3. The van der Waals surface area contributed by atoms with Gasteiger partial charge in [-0.3, -0.25) is 0 Å². The molecule has 1 heteroatoms. The Morgan fingerprint density at radius 2 is 1.65 bits per heavy atom. The van der Waals surface area contributed by atoms with E-state index in [0.29, 0.717) is 5.41 Å². The van der Waals surface area contributed by atoms with Crippen LogP contribution in [0, 0.1) is 11.3 Å². The molecule has 0 fully saturated rings. The quantitative estimate of drug-likeness (QED) is 0.630. The predicted octanol–water partition coefficient (Wildman–Crippen LogP) is 5.01. The van der Waals surface area contributed by atoms with Crippen molar-refractivity contribution in [2.75, 3.05) is 6.54 Å². The van der Waals surface area contributed by atoms with Gasteiger partial charge in [0.15, 0.2) is 0 Å². The van der Waals surface area contributed by atoms with E-state index in [2.05, 4.69) is 53.8 Å². The lowest BCUT2D eigenvalue weighted by Crippen LogP contribution is -2.44. The third-order valence-corrected chi connectivity index (χ3v) is 3.65. The van der Waals surface area contributed by atoms with Crippen molar-refractivity contribution in [3.05, 3.63) is 0 Å². The van der Waals surface area contributed by atoms with Crippen molar-refractivity contribution in [3.8, 4) is 0 Å². The molecule has 0 bridgehead atoms. The zero-order valence-electron chi connectivity index (χ0n) is 13.3. The lowest BCUT2D eigenvalue weighted by atomic mass is 9.73. The Bertz CT molecular complexity index is 190. The summed E-state index contributed by atoms with van der Waals surface area (Å²) in [6.07, 6.45) is 6.71. The minimum Gasteiger partial charge on any atom is -0.312 e. The summed E-state index contributed by atoms with van der Waals surface area (Å²) in [5.74, 6) is 0.800. The van der Waals surface area contributed by atoms with Gasteiger partial charge in [-0.2, -0.15) is 0 Å². The van der Waals surface area contributed by atoms with Gasteiger partial charge in [-0.15, -0.1) is 0 Å². The molecular weight excluding hydrogens is 206 g/mol. The summed E-state index contributed by atoms with van der Waals surface area (Å²) in [5.41, 5.74) is 0.751. The molecule has 0 saturated heterocycles. The van der Waals surface area contributed by atoms with E-state index in [4.69, 9.17) is 0 Å². The maximum Gasteiger partial charge on any atom is 0.00967 e. The number of rotatable bonds is 8. The van der Waals surface area contributed by atoms with Crippen LogP contribution in [0.3, 0.4) is 0 Å². The minimum absolute atomic E-state index is 0.240. The zero-order chi connectivity index (χ0) is 13.5. The van der Waals surface area contributed by atoms with Crippen LogP contribution in [-0.2, 0) is 0 Å². The molecule has 0 aliphatic heterocycles. The van der Waals surface area contributed by atoms with E-state index in [-0.39, 0.29) is 5.54 Å². The van der Waals surface area contributed by atoms with E-state index in [9.17, 15) is 0 Å². The topological polar surface area (TPSA) is 12.0 Å². The van der Waals surface area contributed by atoms with Crippen molar-refractivity contribution < 1.29 is 0 Å². The van der Waals surface area contributed by atoms with Crippen molar-refractivity contribution in [3.63, 3.8) is 0 Å². The van der Waals surface area contributed by atoms with Crippen LogP contribution in [0.5, 0.6) is 0 Å². The summed E-state index contributed by atoms with van der Waals surface area (Å²) >= 11 is 0. The highest BCUT2D eigenvalue weighted by molar-refractivity contribution is 4.84. The van der Waals surface area contributed by atoms with Gasteiger partial charge in [0.1, 0.15) is 0 Å². The number of nitrogens with one attached hydrogen (secondary N) is 1. The van der Waals surface area contributed by atoms with Crippen molar-refractivity contribution in [2.24, 2.45) is 11.3 Å². The van der Waals surface area contributed by atoms with E-state index in [1.807, 2.05) is 0 Å². The normalized spacial score (nSPS) is 16.2. The van der Waals surface area contributed by atoms with E-state index >= 15 is 0 Å². The first-order chi connectivity index (χ1) is 7.74. The third kappa shape index (κ3) is 7.81. The van der Waals surface area contributed by atoms with Gasteiger partial charge in [0.25, 0.3) is 0 Å². The van der Waals surface area contributed by atoms with Crippen LogP contribution in [-0.4, -0.2) is 12.1 Å². The largest absolute Gasteiger partial charge is 0.312 e. The van der Waals surface area contributed by atoms with Gasteiger partial charge in [0.2, 0.25) is 0 Å². The maximum atomic E-state index is 3.73. The molecule has 0 spiro atoms. The lowest BCUT2D eigenvalue weighted by Gasteiger charge is -2.38. The van der Waals surface area contributed by atoms with E-state index in [1.54, 1.807) is 0 Å². The predicted molar refractivity (Wildman–Crippen MR) is 79.5 cm³/mol. The Morgan fingerprint density at radius 3 is 2.00 bits per heavy atom. The summed E-state index contributed by atoms with van der Waals surface area (Å²) in [6.45, 7) is 17.3. The lowest BCUT2D eigenvalue weighted by molar-refractivity contribution is 0.169. The van der Waals surface area contributed by atoms with Crippen LogP contribution < -0.4 is 5.32 Å². The molecule has 0 heterocycles. The summed E-state index contributed by atoms with van der Waals surface area (Å²) in [5, 5.41) is 3.73. The fourth-order valence-electron chi connectivity index (χ4n) is 2.58. The first-order valence-corrected chi connectivity index (χ1v) is 7.49. The third-order valence-electron chi connectivity index (χ3n) is 3.65. The molecule has 0 rings (SSSR count). The Labute approximate surface area is 110 Å². The summed E-state index contributed by atoms with van der Waals surface area (Å²) in [7, 11) is 0. The van der Waals surface area contributed by atoms with E-state index in [1.165, 1.54) is 38.6 Å². The van der Waals surface area contributed by atoms with E-state index < -0.39 is 0 Å². The van der Waals surface area contributed by atoms with Crippen molar-refractivity contribution in [2.45, 2.75) is 86.1 Å². The van der Waals surface area contributed by atoms with Gasteiger partial charge in [0.05, 0.1) is 0 Å². The van der Waals surface area contributed by atoms with Crippen LogP contribution in [0.4, 0.5) is 0 Å². The van der Waals surface area contributed by atoms with Gasteiger partial charge < -0.3 is 5.32 Å². The second-order valence-corrected chi connectivity index (χ2v) is 7.16. The first kappa shape index (κ1) is 17.0. The Kier molecular flexibility index (Phi) is 7.39. The van der Waals surface area contributed by atoms with Crippen molar-refractivity contribution in [1.82, 2.24) is 5.32 Å². The number of hydrogen-bond acceptors (Lipinski definition) is 1. The second kappa shape index (κ2) is 7.41. The fourth-order valence-corrected chi connectivity index (χ4v) is 2.58. The molecule has 1 nitrogen and oxygen atoms in total. The summed E-state index contributed by atoms with van der Waals surface area (Å²) in [6, 6.07) is 0. The second-order valence-electron chi connectivity index (χ2n) is 7.16. The van der Waals surface area contributed by atoms with Crippen LogP contribution in [0.15, 0.2) is 0 Å². The highest BCUT2D eigenvalue weighted by Gasteiger charge is 2.29. The molecule has 0 amide bonds. The fraction of sp³-hybridized carbons (Fsp3) is 1.00. The Balaban J connectivity index is 4.54. The monoisotopic (exact) mass is 241 g/mol. The highest BCUT2D eigenvalue weighted by Crippen LogP contribution is 2.35. The molecular formula is C16H35N. The van der Waals surface area contributed by atoms with Crippen LogP contribution >= 0.6 is 0 Å². The standard InChI is InChI=1S/C16H35N/c1-8-10-11-16(9-2,12-14(3)4)13-17-15(5,6)7/h14,17H,8-13H2,1-7H3. The van der Waals surface area contributed by atoms with Crippen molar-refractivity contribution in [1.29, 1.82) is 0 Å². The van der Waals surface area contributed by atoms with Gasteiger partial charge >= 0.3 is 0 Å². The maximum absolute atomic E-state index is 3.73. The first-order valence-electron chi connectivity index (χ1n) is 7.49. The van der Waals surface area contributed by atoms with Crippen LogP contribution in [0.25, 0.3) is 0 Å². The average molecular weight is 241 g/mol. The van der Waals surface area contributed by atoms with Crippen LogP contribution in [0.2, 0.25) is 0 Å². The molecule has 0 aromatic heterocycles.